The number of rotatable bonds is 7. The fraction of sp³-hybridized carbons (Fsp3) is 0.643. The number of aryl methyl sites for hydroxylation is 1. The zero-order chi connectivity index (χ0) is 25.0. The van der Waals surface area contributed by atoms with E-state index in [2.05, 4.69) is 25.2 Å². The minimum Gasteiger partial charge on any atom is -0.484 e. The molecule has 1 aromatic rings. The summed E-state index contributed by atoms with van der Waals surface area (Å²) in [5.74, 6) is 0.495. The van der Waals surface area contributed by atoms with Gasteiger partial charge in [0, 0.05) is 18.9 Å². The topological polar surface area (TPSA) is 99.5 Å². The van der Waals surface area contributed by atoms with Crippen LogP contribution < -0.4 is 10.1 Å². The van der Waals surface area contributed by atoms with Gasteiger partial charge in [0.05, 0.1) is 6.07 Å². The van der Waals surface area contributed by atoms with Crippen LogP contribution in [-0.2, 0) is 14.4 Å². The number of carbonyl (C=O) groups is 3. The number of likely N-dealkylation sites (tertiary alicyclic amines) is 1. The summed E-state index contributed by atoms with van der Waals surface area (Å²) in [6.45, 7) is 6.63. The quantitative estimate of drug-likeness (QED) is 0.649. The molecule has 1 N–H and O–H groups in total. The van der Waals surface area contributed by atoms with Gasteiger partial charge >= 0.3 is 0 Å². The van der Waals surface area contributed by atoms with Crippen LogP contribution in [0.4, 0.5) is 0 Å². The predicted octanol–water partition coefficient (Wildman–Crippen LogP) is 3.40. The van der Waals surface area contributed by atoms with Crippen LogP contribution in [0.3, 0.4) is 0 Å². The van der Waals surface area contributed by atoms with Crippen LogP contribution in [-0.4, -0.2) is 47.7 Å². The first-order valence-corrected chi connectivity index (χ1v) is 12.9. The molecule has 0 aromatic heterocycles. The SMILES string of the molecule is Cc1ccc(OCC(=O)N2C[C@H]3[C@@H](C2C(=O)N[C@H](C#N)C[C@@H]2CCC4(CC4)CC2=O)C3(C)C)cc1. The highest BCUT2D eigenvalue weighted by Gasteiger charge is 2.69. The number of piperidine rings is 1. The molecule has 0 bridgehead atoms. The number of nitriles is 1. The Hall–Kier alpha value is -2.88. The van der Waals surface area contributed by atoms with Gasteiger partial charge in [-0.2, -0.15) is 5.26 Å². The number of nitrogens with zero attached hydrogens (tertiary/aromatic N) is 2. The highest BCUT2D eigenvalue weighted by Crippen LogP contribution is 2.64. The number of hydrogen-bond donors (Lipinski definition) is 1. The Morgan fingerprint density at radius 2 is 1.94 bits per heavy atom. The van der Waals surface area contributed by atoms with Crippen LogP contribution in [0.5, 0.6) is 5.75 Å². The second kappa shape index (κ2) is 8.65. The van der Waals surface area contributed by atoms with E-state index in [4.69, 9.17) is 4.74 Å². The van der Waals surface area contributed by atoms with Gasteiger partial charge in [0.1, 0.15) is 23.6 Å². The molecule has 2 amide bonds. The number of fused-ring (bicyclic) bond motifs is 1. The third-order valence-corrected chi connectivity index (χ3v) is 9.16. The summed E-state index contributed by atoms with van der Waals surface area (Å²) in [4.78, 5) is 40.8. The minimum atomic E-state index is -0.730. The maximum Gasteiger partial charge on any atom is 0.261 e. The Bertz CT molecular complexity index is 1070. The van der Waals surface area contributed by atoms with Gasteiger partial charge < -0.3 is 15.0 Å². The van der Waals surface area contributed by atoms with Crippen LogP contribution in [0.2, 0.25) is 0 Å². The van der Waals surface area contributed by atoms with Gasteiger partial charge in [-0.1, -0.05) is 31.5 Å². The fourth-order valence-electron chi connectivity index (χ4n) is 6.49. The summed E-state index contributed by atoms with van der Waals surface area (Å²) in [6.07, 6.45) is 5.09. The summed E-state index contributed by atoms with van der Waals surface area (Å²) in [5, 5.41) is 12.6. The molecule has 3 saturated carbocycles. The smallest absolute Gasteiger partial charge is 0.261 e. The molecule has 4 fully saturated rings. The van der Waals surface area contributed by atoms with Gasteiger partial charge in [0.2, 0.25) is 5.91 Å². The molecule has 1 unspecified atom stereocenters. The molecule has 5 rings (SSSR count). The maximum absolute atomic E-state index is 13.4. The first-order chi connectivity index (χ1) is 16.6. The van der Waals surface area contributed by atoms with E-state index >= 15 is 0 Å². The van der Waals surface area contributed by atoms with E-state index in [1.165, 1.54) is 0 Å². The highest BCUT2D eigenvalue weighted by atomic mass is 16.5. The molecular weight excluding hydrogens is 442 g/mol. The molecule has 7 nitrogen and oxygen atoms in total. The van der Waals surface area contributed by atoms with Gasteiger partial charge in [0.15, 0.2) is 6.61 Å². The van der Waals surface area contributed by atoms with Crippen molar-refractivity contribution in [2.45, 2.75) is 71.4 Å². The Balaban J connectivity index is 1.21. The lowest BCUT2D eigenvalue weighted by atomic mass is 9.76. The molecule has 1 saturated heterocycles. The minimum absolute atomic E-state index is 0.0172. The average molecular weight is 478 g/mol. The molecule has 35 heavy (non-hydrogen) atoms. The van der Waals surface area contributed by atoms with E-state index in [1.54, 1.807) is 4.90 Å². The van der Waals surface area contributed by atoms with Crippen molar-refractivity contribution < 1.29 is 19.1 Å². The number of nitrogens with one attached hydrogen (secondary N) is 1. The third kappa shape index (κ3) is 4.55. The van der Waals surface area contributed by atoms with Crippen LogP contribution in [0.1, 0.15) is 57.9 Å². The Morgan fingerprint density at radius 3 is 2.57 bits per heavy atom. The largest absolute Gasteiger partial charge is 0.484 e. The molecule has 1 heterocycles. The molecule has 1 aromatic carbocycles. The van der Waals surface area contributed by atoms with E-state index in [0.717, 1.165) is 31.2 Å². The molecule has 1 aliphatic heterocycles. The number of benzene rings is 1. The van der Waals surface area contributed by atoms with Crippen LogP contribution >= 0.6 is 0 Å². The number of Topliss-reactive ketones (excluding diaryl/α,β-unsaturated/α-hetero) is 1. The number of ether oxygens (including phenoxy) is 1. The molecule has 1 spiro atoms. The van der Waals surface area contributed by atoms with E-state index in [-0.39, 0.29) is 52.8 Å². The van der Waals surface area contributed by atoms with Gasteiger partial charge in [-0.05, 0) is 73.8 Å². The van der Waals surface area contributed by atoms with Crippen LogP contribution in [0, 0.1) is 46.8 Å². The lowest BCUT2D eigenvalue weighted by Gasteiger charge is -2.32. The van der Waals surface area contributed by atoms with Crippen molar-refractivity contribution in [1.82, 2.24) is 10.2 Å². The van der Waals surface area contributed by atoms with Gasteiger partial charge in [0.25, 0.3) is 5.91 Å². The molecule has 7 heteroatoms. The number of carbonyl (C=O) groups excluding carboxylic acids is 3. The fourth-order valence-corrected chi connectivity index (χ4v) is 6.49. The Labute approximate surface area is 207 Å². The molecule has 3 aliphatic carbocycles. The summed E-state index contributed by atoms with van der Waals surface area (Å²) in [5.41, 5.74) is 1.34. The summed E-state index contributed by atoms with van der Waals surface area (Å²) < 4.78 is 5.69. The first-order valence-electron chi connectivity index (χ1n) is 12.9. The van der Waals surface area contributed by atoms with Crippen LogP contribution in [0.25, 0.3) is 0 Å². The van der Waals surface area contributed by atoms with Gasteiger partial charge in [-0.25, -0.2) is 0 Å². The molecular formula is C28H35N3O4. The molecule has 5 atom stereocenters. The molecule has 4 aliphatic rings. The lowest BCUT2D eigenvalue weighted by Crippen LogP contribution is -2.53. The summed E-state index contributed by atoms with van der Waals surface area (Å²) >= 11 is 0. The highest BCUT2D eigenvalue weighted by molar-refractivity contribution is 5.90. The van der Waals surface area contributed by atoms with Gasteiger partial charge in [-0.15, -0.1) is 0 Å². The van der Waals surface area contributed by atoms with E-state index in [1.807, 2.05) is 31.2 Å². The summed E-state index contributed by atoms with van der Waals surface area (Å²) in [6, 6.07) is 8.35. The van der Waals surface area contributed by atoms with E-state index < -0.39 is 12.1 Å². The van der Waals surface area contributed by atoms with Crippen molar-refractivity contribution in [3.8, 4) is 11.8 Å². The predicted molar refractivity (Wildman–Crippen MR) is 129 cm³/mol. The number of amides is 2. The number of ketones is 1. The zero-order valence-corrected chi connectivity index (χ0v) is 20.9. The average Bonchev–Trinajstić information content (AvgIpc) is 3.61. The summed E-state index contributed by atoms with van der Waals surface area (Å²) in [7, 11) is 0. The maximum atomic E-state index is 13.4. The standard InChI is InChI=1S/C28H35N3O4/c1-17-4-6-20(7-5-17)35-16-23(33)31-15-21-24(27(21,2)3)25(31)26(34)30-19(14-29)12-18-8-9-28(10-11-28)13-22(18)32/h4-7,18-19,21,24-25H,8-13,15-16H2,1-3H3,(H,30,34)/t18-,19-,21-,24-,25?/m0/s1. The van der Waals surface area contributed by atoms with Crippen LogP contribution in [0.15, 0.2) is 24.3 Å². The van der Waals surface area contributed by atoms with Crippen molar-refractivity contribution in [3.63, 3.8) is 0 Å². The van der Waals surface area contributed by atoms with Crippen molar-refractivity contribution in [2.75, 3.05) is 13.2 Å². The monoisotopic (exact) mass is 477 g/mol. The lowest BCUT2D eigenvalue weighted by molar-refractivity contribution is -0.142. The van der Waals surface area contributed by atoms with Crippen molar-refractivity contribution in [2.24, 2.45) is 28.6 Å². The van der Waals surface area contributed by atoms with Crippen molar-refractivity contribution in [1.29, 1.82) is 5.26 Å². The Morgan fingerprint density at radius 1 is 1.23 bits per heavy atom. The normalized spacial score (nSPS) is 30.2. The molecule has 0 radical (unpaired) electrons. The van der Waals surface area contributed by atoms with Gasteiger partial charge in [-0.3, -0.25) is 14.4 Å². The first kappa shape index (κ1) is 23.8. The zero-order valence-electron chi connectivity index (χ0n) is 20.9. The Kier molecular flexibility index (Phi) is 5.89. The van der Waals surface area contributed by atoms with Crippen molar-refractivity contribution >= 4 is 17.6 Å². The number of hydrogen-bond acceptors (Lipinski definition) is 5. The second-order valence-corrected chi connectivity index (χ2v) is 11.9. The second-order valence-electron chi connectivity index (χ2n) is 11.9. The van der Waals surface area contributed by atoms with E-state index in [9.17, 15) is 19.6 Å². The van der Waals surface area contributed by atoms with Crippen molar-refractivity contribution in [3.05, 3.63) is 29.8 Å². The third-order valence-electron chi connectivity index (χ3n) is 9.16. The molecule has 186 valence electrons. The van der Waals surface area contributed by atoms with E-state index in [0.29, 0.717) is 25.1 Å².